The lowest BCUT2D eigenvalue weighted by Crippen LogP contribution is -2.31. The minimum atomic E-state index is -0.518. The number of nitrogens with one attached hydrogen (secondary N) is 1. The van der Waals surface area contributed by atoms with E-state index in [9.17, 15) is 9.18 Å². The first kappa shape index (κ1) is 18.8. The molecular formula is C23H21FN4O. The van der Waals surface area contributed by atoms with Gasteiger partial charge < -0.3 is 9.88 Å². The van der Waals surface area contributed by atoms with E-state index in [0.29, 0.717) is 17.1 Å². The van der Waals surface area contributed by atoms with Crippen LogP contribution in [0, 0.1) is 19.7 Å². The van der Waals surface area contributed by atoms with Gasteiger partial charge in [-0.2, -0.15) is 0 Å². The molecule has 1 atom stereocenters. The number of nitrogens with zero attached hydrogens (tertiary/aromatic N) is 3. The smallest absolute Gasteiger partial charge is 0.253 e. The van der Waals surface area contributed by atoms with Crippen LogP contribution >= 0.6 is 0 Å². The highest BCUT2D eigenvalue weighted by atomic mass is 19.1. The molecule has 0 spiro atoms. The Hall–Kier alpha value is -3.54. The molecule has 1 amide bonds. The van der Waals surface area contributed by atoms with E-state index in [1.807, 2.05) is 55.9 Å². The van der Waals surface area contributed by atoms with Crippen LogP contribution in [0.1, 0.15) is 39.0 Å². The van der Waals surface area contributed by atoms with Gasteiger partial charge in [-0.05, 0) is 49.7 Å². The lowest BCUT2D eigenvalue weighted by atomic mass is 10.0. The number of carbonyl (C=O) groups is 1. The predicted molar refractivity (Wildman–Crippen MR) is 110 cm³/mol. The third kappa shape index (κ3) is 3.74. The quantitative estimate of drug-likeness (QED) is 0.569. The number of imidazole rings is 1. The maximum atomic E-state index is 13.4. The number of carbonyl (C=O) groups excluding carboxylic acids is 1. The number of hydrogen-bond acceptors (Lipinski definition) is 3. The molecule has 1 N–H and O–H groups in total. The molecular weight excluding hydrogens is 367 g/mol. The largest absolute Gasteiger partial charge is 0.338 e. The van der Waals surface area contributed by atoms with Crippen LogP contribution < -0.4 is 5.32 Å². The van der Waals surface area contributed by atoms with Gasteiger partial charge in [0.05, 0.1) is 16.8 Å². The van der Waals surface area contributed by atoms with Gasteiger partial charge in [-0.15, -0.1) is 0 Å². The van der Waals surface area contributed by atoms with Crippen molar-refractivity contribution in [2.45, 2.75) is 19.9 Å². The third-order valence-corrected chi connectivity index (χ3v) is 5.00. The second-order valence-electron chi connectivity index (χ2n) is 7.17. The summed E-state index contributed by atoms with van der Waals surface area (Å²) in [6.07, 6.45) is 3.48. The Bertz CT molecular complexity index is 1200. The molecule has 2 aromatic carbocycles. The summed E-state index contributed by atoms with van der Waals surface area (Å²) in [7, 11) is 1.86. The van der Waals surface area contributed by atoms with Crippen molar-refractivity contribution in [2.24, 2.45) is 7.05 Å². The zero-order chi connectivity index (χ0) is 20.5. The maximum absolute atomic E-state index is 13.4. The van der Waals surface area contributed by atoms with E-state index >= 15 is 0 Å². The Labute approximate surface area is 168 Å². The molecule has 5 nitrogen and oxygen atoms in total. The van der Waals surface area contributed by atoms with Gasteiger partial charge in [-0.1, -0.05) is 23.8 Å². The van der Waals surface area contributed by atoms with E-state index < -0.39 is 6.04 Å². The van der Waals surface area contributed by atoms with Gasteiger partial charge in [0, 0.05) is 24.8 Å². The van der Waals surface area contributed by atoms with Crippen molar-refractivity contribution in [3.05, 3.63) is 95.0 Å². The summed E-state index contributed by atoms with van der Waals surface area (Å²) in [4.78, 5) is 22.2. The Kier molecular flexibility index (Phi) is 4.84. The standard InChI is InChI=1S/C23H21FN4O/c1-14-4-9-20-17(12-14)13-19(15(2)26-20)23(29)27-21(22-25-10-11-28(22)3)16-5-7-18(24)8-6-16/h4-13,21H,1-3H3,(H,27,29). The van der Waals surface area contributed by atoms with E-state index in [4.69, 9.17) is 0 Å². The van der Waals surface area contributed by atoms with Crippen LogP contribution in [-0.2, 0) is 7.05 Å². The van der Waals surface area contributed by atoms with Crippen molar-refractivity contribution in [3.63, 3.8) is 0 Å². The monoisotopic (exact) mass is 388 g/mol. The molecule has 0 radical (unpaired) electrons. The normalized spacial score (nSPS) is 12.1. The zero-order valence-corrected chi connectivity index (χ0v) is 16.5. The average Bonchev–Trinajstić information content (AvgIpc) is 3.12. The summed E-state index contributed by atoms with van der Waals surface area (Å²) in [6.45, 7) is 3.83. The summed E-state index contributed by atoms with van der Waals surface area (Å²) < 4.78 is 15.3. The van der Waals surface area contributed by atoms with E-state index in [-0.39, 0.29) is 11.7 Å². The summed E-state index contributed by atoms with van der Waals surface area (Å²) in [5.41, 5.74) is 3.85. The van der Waals surface area contributed by atoms with Crippen LogP contribution in [0.15, 0.2) is 60.9 Å². The molecule has 0 saturated heterocycles. The summed E-state index contributed by atoms with van der Waals surface area (Å²) in [6, 6.07) is 13.4. The molecule has 0 bridgehead atoms. The number of amides is 1. The topological polar surface area (TPSA) is 59.8 Å². The highest BCUT2D eigenvalue weighted by molar-refractivity contribution is 5.99. The van der Waals surface area contributed by atoms with Crippen LogP contribution in [0.2, 0.25) is 0 Å². The average molecular weight is 388 g/mol. The number of pyridine rings is 1. The molecule has 0 fully saturated rings. The summed E-state index contributed by atoms with van der Waals surface area (Å²) in [5, 5.41) is 3.96. The summed E-state index contributed by atoms with van der Waals surface area (Å²) >= 11 is 0. The minimum Gasteiger partial charge on any atom is -0.338 e. The summed E-state index contributed by atoms with van der Waals surface area (Å²) in [5.74, 6) is 0.0755. The number of fused-ring (bicyclic) bond motifs is 1. The molecule has 4 rings (SSSR count). The fourth-order valence-corrected chi connectivity index (χ4v) is 3.44. The second kappa shape index (κ2) is 7.47. The van der Waals surface area contributed by atoms with Crippen LogP contribution in [0.5, 0.6) is 0 Å². The first-order valence-electron chi connectivity index (χ1n) is 9.34. The van der Waals surface area contributed by atoms with Crippen LogP contribution in [0.4, 0.5) is 4.39 Å². The van der Waals surface area contributed by atoms with E-state index in [1.165, 1.54) is 12.1 Å². The van der Waals surface area contributed by atoms with Gasteiger partial charge in [-0.25, -0.2) is 9.37 Å². The van der Waals surface area contributed by atoms with Crippen LogP contribution in [0.3, 0.4) is 0 Å². The molecule has 0 aliphatic rings. The Balaban J connectivity index is 1.73. The first-order chi connectivity index (χ1) is 13.9. The van der Waals surface area contributed by atoms with E-state index in [1.54, 1.807) is 18.3 Å². The lowest BCUT2D eigenvalue weighted by Gasteiger charge is -2.20. The minimum absolute atomic E-state index is 0.254. The molecule has 0 saturated carbocycles. The molecule has 2 heterocycles. The van der Waals surface area contributed by atoms with Crippen LogP contribution in [-0.4, -0.2) is 20.4 Å². The van der Waals surface area contributed by atoms with Gasteiger partial charge >= 0.3 is 0 Å². The fraction of sp³-hybridized carbons (Fsp3) is 0.174. The van der Waals surface area contributed by atoms with Crippen molar-refractivity contribution < 1.29 is 9.18 Å². The zero-order valence-electron chi connectivity index (χ0n) is 16.5. The Morgan fingerprint density at radius 1 is 1.10 bits per heavy atom. The predicted octanol–water partition coefficient (Wildman–Crippen LogP) is 4.24. The lowest BCUT2D eigenvalue weighted by molar-refractivity contribution is 0.0940. The maximum Gasteiger partial charge on any atom is 0.253 e. The van der Waals surface area contributed by atoms with Crippen molar-refractivity contribution in [1.82, 2.24) is 19.9 Å². The highest BCUT2D eigenvalue weighted by Crippen LogP contribution is 2.23. The number of hydrogen-bond donors (Lipinski definition) is 1. The van der Waals surface area contributed by atoms with Gasteiger partial charge in [0.15, 0.2) is 0 Å². The molecule has 0 aliphatic carbocycles. The van der Waals surface area contributed by atoms with Gasteiger partial charge in [0.1, 0.15) is 17.7 Å². The van der Waals surface area contributed by atoms with Gasteiger partial charge in [0.25, 0.3) is 5.91 Å². The van der Waals surface area contributed by atoms with Crippen LogP contribution in [0.25, 0.3) is 10.9 Å². The molecule has 1 unspecified atom stereocenters. The number of rotatable bonds is 4. The molecule has 2 aromatic heterocycles. The fourth-order valence-electron chi connectivity index (χ4n) is 3.44. The number of benzene rings is 2. The van der Waals surface area contributed by atoms with Crippen molar-refractivity contribution in [3.8, 4) is 0 Å². The first-order valence-corrected chi connectivity index (χ1v) is 9.34. The third-order valence-electron chi connectivity index (χ3n) is 5.00. The van der Waals surface area contributed by atoms with Crippen molar-refractivity contribution in [1.29, 1.82) is 0 Å². The van der Waals surface area contributed by atoms with E-state index in [0.717, 1.165) is 22.0 Å². The number of aromatic nitrogens is 3. The molecule has 4 aromatic rings. The molecule has 29 heavy (non-hydrogen) atoms. The Morgan fingerprint density at radius 2 is 1.86 bits per heavy atom. The van der Waals surface area contributed by atoms with Gasteiger partial charge in [-0.3, -0.25) is 9.78 Å². The SMILES string of the molecule is Cc1ccc2nc(C)c(C(=O)NC(c3ccc(F)cc3)c3nccn3C)cc2c1. The van der Waals surface area contributed by atoms with E-state index in [2.05, 4.69) is 15.3 Å². The number of halogens is 1. The molecule has 0 aliphatic heterocycles. The highest BCUT2D eigenvalue weighted by Gasteiger charge is 2.23. The van der Waals surface area contributed by atoms with Gasteiger partial charge in [0.2, 0.25) is 0 Å². The second-order valence-corrected chi connectivity index (χ2v) is 7.17. The molecule has 6 heteroatoms. The van der Waals surface area contributed by atoms with Crippen molar-refractivity contribution >= 4 is 16.8 Å². The van der Waals surface area contributed by atoms with Crippen molar-refractivity contribution in [2.75, 3.05) is 0 Å². The number of aryl methyl sites for hydroxylation is 3. The Morgan fingerprint density at radius 3 is 2.55 bits per heavy atom. The molecule has 146 valence electrons.